The number of piperazine rings is 1. The van der Waals surface area contributed by atoms with Crippen LogP contribution in [0.2, 0.25) is 0 Å². The minimum Gasteiger partial charge on any atom is -0.340 e. The third-order valence-corrected chi connectivity index (χ3v) is 5.05. The summed E-state index contributed by atoms with van der Waals surface area (Å²) in [6.07, 6.45) is 0.424. The van der Waals surface area contributed by atoms with Crippen molar-refractivity contribution in [2.45, 2.75) is 13.0 Å². The Morgan fingerprint density at radius 2 is 1.92 bits per heavy atom. The first kappa shape index (κ1) is 17.0. The van der Waals surface area contributed by atoms with Crippen LogP contribution < -0.4 is 5.73 Å². The number of benzene rings is 1. The lowest BCUT2D eigenvalue weighted by molar-refractivity contribution is -0.132. The summed E-state index contributed by atoms with van der Waals surface area (Å²) in [6, 6.07) is 6.40. The highest BCUT2D eigenvalue weighted by atomic mass is 32.1. The van der Waals surface area contributed by atoms with Gasteiger partial charge in [-0.1, -0.05) is 0 Å². The van der Waals surface area contributed by atoms with E-state index in [9.17, 15) is 9.18 Å². The van der Waals surface area contributed by atoms with Crippen LogP contribution in [0.1, 0.15) is 12.1 Å². The Hall–Kier alpha value is -1.83. The summed E-state index contributed by atoms with van der Waals surface area (Å²) in [6.45, 7) is 4.36. The van der Waals surface area contributed by atoms with Gasteiger partial charge in [0.05, 0.1) is 5.69 Å². The second kappa shape index (κ2) is 7.83. The van der Waals surface area contributed by atoms with Crippen molar-refractivity contribution in [3.63, 3.8) is 0 Å². The summed E-state index contributed by atoms with van der Waals surface area (Å²) in [7, 11) is 0. The highest BCUT2D eigenvalue weighted by Crippen LogP contribution is 2.24. The Morgan fingerprint density at radius 1 is 1.21 bits per heavy atom. The van der Waals surface area contributed by atoms with Crippen molar-refractivity contribution in [1.82, 2.24) is 14.8 Å². The first-order chi connectivity index (χ1) is 11.7. The highest BCUT2D eigenvalue weighted by Gasteiger charge is 2.21. The maximum absolute atomic E-state index is 13.0. The number of thiazole rings is 1. The molecule has 1 amide bonds. The van der Waals surface area contributed by atoms with E-state index >= 15 is 0 Å². The van der Waals surface area contributed by atoms with Crippen molar-refractivity contribution in [3.8, 4) is 10.6 Å². The predicted octanol–water partition coefficient (Wildman–Crippen LogP) is 1.94. The van der Waals surface area contributed by atoms with E-state index in [4.69, 9.17) is 5.73 Å². The predicted molar refractivity (Wildman–Crippen MR) is 93.0 cm³/mol. The van der Waals surface area contributed by atoms with Crippen LogP contribution in [0.4, 0.5) is 4.39 Å². The summed E-state index contributed by atoms with van der Waals surface area (Å²) in [4.78, 5) is 20.7. The van der Waals surface area contributed by atoms with Crippen LogP contribution in [0.3, 0.4) is 0 Å². The number of nitrogens with zero attached hydrogens (tertiary/aromatic N) is 3. The lowest BCUT2D eigenvalue weighted by Crippen LogP contribution is -2.48. The molecular formula is C17H21FN4OS. The summed E-state index contributed by atoms with van der Waals surface area (Å²) in [5, 5.41) is 2.95. The van der Waals surface area contributed by atoms with Gasteiger partial charge in [0.1, 0.15) is 10.8 Å². The van der Waals surface area contributed by atoms with Crippen LogP contribution in [0.25, 0.3) is 10.6 Å². The van der Waals surface area contributed by atoms with E-state index in [0.717, 1.165) is 49.0 Å². The molecule has 0 spiro atoms. The van der Waals surface area contributed by atoms with Gasteiger partial charge in [-0.2, -0.15) is 0 Å². The SMILES string of the molecule is NCCC(=O)N1CCN(Cc2csc(-c3ccc(F)cc3)n2)CC1. The van der Waals surface area contributed by atoms with Gasteiger partial charge in [0, 0.05) is 56.6 Å². The molecule has 1 aromatic heterocycles. The summed E-state index contributed by atoms with van der Waals surface area (Å²) >= 11 is 1.57. The molecule has 2 aromatic rings. The van der Waals surface area contributed by atoms with Crippen LogP contribution >= 0.6 is 11.3 Å². The third kappa shape index (κ3) is 4.17. The number of amides is 1. The molecule has 1 saturated heterocycles. The summed E-state index contributed by atoms with van der Waals surface area (Å²) in [5.41, 5.74) is 7.39. The molecule has 0 bridgehead atoms. The minimum atomic E-state index is -0.238. The number of hydrogen-bond acceptors (Lipinski definition) is 5. The quantitative estimate of drug-likeness (QED) is 0.897. The average molecular weight is 348 g/mol. The third-order valence-electron chi connectivity index (χ3n) is 4.11. The van der Waals surface area contributed by atoms with E-state index < -0.39 is 0 Å². The van der Waals surface area contributed by atoms with E-state index in [2.05, 4.69) is 9.88 Å². The molecule has 1 fully saturated rings. The zero-order chi connectivity index (χ0) is 16.9. The maximum Gasteiger partial charge on any atom is 0.223 e. The number of hydrogen-bond donors (Lipinski definition) is 1. The van der Waals surface area contributed by atoms with E-state index in [1.54, 1.807) is 23.5 Å². The molecule has 2 N–H and O–H groups in total. The standard InChI is InChI=1S/C17H21FN4OS/c18-14-3-1-13(2-4-14)17-20-15(12-24-17)11-21-7-9-22(10-8-21)16(23)5-6-19/h1-4,12H,5-11,19H2. The fraction of sp³-hybridized carbons (Fsp3) is 0.412. The first-order valence-electron chi connectivity index (χ1n) is 8.06. The van der Waals surface area contributed by atoms with Gasteiger partial charge < -0.3 is 10.6 Å². The molecule has 2 heterocycles. The first-order valence-corrected chi connectivity index (χ1v) is 8.94. The van der Waals surface area contributed by atoms with Crippen LogP contribution in [0, 0.1) is 5.82 Å². The molecule has 128 valence electrons. The Balaban J connectivity index is 1.54. The molecule has 0 unspecified atom stereocenters. The molecule has 1 aliphatic rings. The van der Waals surface area contributed by atoms with Crippen LogP contribution in [0.5, 0.6) is 0 Å². The topological polar surface area (TPSA) is 62.5 Å². The Morgan fingerprint density at radius 3 is 2.58 bits per heavy atom. The average Bonchev–Trinajstić information content (AvgIpc) is 3.05. The van der Waals surface area contributed by atoms with E-state index in [1.807, 2.05) is 10.3 Å². The smallest absolute Gasteiger partial charge is 0.223 e. The minimum absolute atomic E-state index is 0.143. The zero-order valence-electron chi connectivity index (χ0n) is 13.4. The number of rotatable bonds is 5. The molecule has 0 radical (unpaired) electrons. The second-order valence-corrected chi connectivity index (χ2v) is 6.70. The molecule has 0 atom stereocenters. The Bertz CT molecular complexity index is 680. The van der Waals surface area contributed by atoms with E-state index in [-0.39, 0.29) is 11.7 Å². The van der Waals surface area contributed by atoms with Crippen molar-refractivity contribution in [1.29, 1.82) is 0 Å². The van der Waals surface area contributed by atoms with Crippen molar-refractivity contribution in [3.05, 3.63) is 41.2 Å². The van der Waals surface area contributed by atoms with Gasteiger partial charge in [-0.25, -0.2) is 9.37 Å². The van der Waals surface area contributed by atoms with Crippen molar-refractivity contribution in [2.24, 2.45) is 5.73 Å². The molecule has 3 rings (SSSR count). The van der Waals surface area contributed by atoms with Crippen molar-refractivity contribution < 1.29 is 9.18 Å². The zero-order valence-corrected chi connectivity index (χ0v) is 14.3. The molecular weight excluding hydrogens is 327 g/mol. The summed E-state index contributed by atoms with van der Waals surface area (Å²) < 4.78 is 13.0. The van der Waals surface area contributed by atoms with Crippen molar-refractivity contribution in [2.75, 3.05) is 32.7 Å². The molecule has 0 aliphatic carbocycles. The number of nitrogens with two attached hydrogens (primary N) is 1. The van der Waals surface area contributed by atoms with Gasteiger partial charge in [-0.05, 0) is 24.3 Å². The fourth-order valence-electron chi connectivity index (χ4n) is 2.77. The molecule has 0 saturated carbocycles. The molecule has 7 heteroatoms. The highest BCUT2D eigenvalue weighted by molar-refractivity contribution is 7.13. The fourth-order valence-corrected chi connectivity index (χ4v) is 3.59. The maximum atomic E-state index is 13.0. The molecule has 1 aromatic carbocycles. The van der Waals surface area contributed by atoms with E-state index in [0.29, 0.717) is 13.0 Å². The number of carbonyl (C=O) groups excluding carboxylic acids is 1. The van der Waals surface area contributed by atoms with Gasteiger partial charge in [-0.15, -0.1) is 11.3 Å². The van der Waals surface area contributed by atoms with Gasteiger partial charge in [-0.3, -0.25) is 9.69 Å². The van der Waals surface area contributed by atoms with E-state index in [1.165, 1.54) is 12.1 Å². The normalized spacial score (nSPS) is 15.7. The molecule has 5 nitrogen and oxygen atoms in total. The second-order valence-electron chi connectivity index (χ2n) is 5.85. The lowest BCUT2D eigenvalue weighted by atomic mass is 10.2. The van der Waals surface area contributed by atoms with Crippen LogP contribution in [0.15, 0.2) is 29.6 Å². The van der Waals surface area contributed by atoms with Gasteiger partial charge >= 0.3 is 0 Å². The van der Waals surface area contributed by atoms with Crippen LogP contribution in [-0.4, -0.2) is 53.4 Å². The molecule has 1 aliphatic heterocycles. The van der Waals surface area contributed by atoms with Gasteiger partial charge in [0.25, 0.3) is 0 Å². The monoisotopic (exact) mass is 348 g/mol. The van der Waals surface area contributed by atoms with Gasteiger partial charge in [0.2, 0.25) is 5.91 Å². The number of carbonyl (C=O) groups is 1. The number of halogens is 1. The number of aromatic nitrogens is 1. The van der Waals surface area contributed by atoms with Gasteiger partial charge in [0.15, 0.2) is 0 Å². The Labute approximate surface area is 144 Å². The molecule has 24 heavy (non-hydrogen) atoms. The van der Waals surface area contributed by atoms with Crippen molar-refractivity contribution >= 4 is 17.2 Å². The largest absolute Gasteiger partial charge is 0.340 e. The Kier molecular flexibility index (Phi) is 5.55. The lowest BCUT2D eigenvalue weighted by Gasteiger charge is -2.34. The summed E-state index contributed by atoms with van der Waals surface area (Å²) in [5.74, 6) is -0.0954. The van der Waals surface area contributed by atoms with Crippen LogP contribution in [-0.2, 0) is 11.3 Å².